The standard InChI is InChI=1S/C46H42O6/c1-33(48)51-42-27-19-35(20-28-42)45(2,31-10-32-47)36-21-29-43(30-22-36)52-44(49)34-15-17-39(18-16-34)46(37-11-6-4-7-12-37,38-13-8-5-9-14-38)40-23-25-41(50-3)26-24-40/h4-9,11-30,47H,10,31-32H2,1-3H3. The highest BCUT2D eigenvalue weighted by Gasteiger charge is 2.38. The van der Waals surface area contributed by atoms with Gasteiger partial charge in [-0.2, -0.15) is 0 Å². The van der Waals surface area contributed by atoms with Crippen LogP contribution in [0.2, 0.25) is 0 Å². The van der Waals surface area contributed by atoms with Crippen molar-refractivity contribution in [3.05, 3.63) is 197 Å². The number of hydrogen-bond donors (Lipinski definition) is 1. The molecule has 0 saturated carbocycles. The molecule has 0 heterocycles. The number of aliphatic hydroxyl groups excluding tert-OH is 1. The first-order valence-corrected chi connectivity index (χ1v) is 17.4. The van der Waals surface area contributed by atoms with E-state index in [2.05, 4.69) is 43.3 Å². The molecule has 0 aliphatic heterocycles. The first-order chi connectivity index (χ1) is 25.3. The number of benzene rings is 6. The van der Waals surface area contributed by atoms with Gasteiger partial charge in [-0.25, -0.2) is 4.79 Å². The van der Waals surface area contributed by atoms with Crippen molar-refractivity contribution in [1.29, 1.82) is 0 Å². The summed E-state index contributed by atoms with van der Waals surface area (Å²) in [6.45, 7) is 3.55. The molecule has 6 aromatic rings. The zero-order valence-electron chi connectivity index (χ0n) is 29.6. The maximum absolute atomic E-state index is 13.5. The highest BCUT2D eigenvalue weighted by atomic mass is 16.5. The van der Waals surface area contributed by atoms with E-state index in [4.69, 9.17) is 14.2 Å². The van der Waals surface area contributed by atoms with Crippen molar-refractivity contribution in [2.45, 2.75) is 37.5 Å². The lowest BCUT2D eigenvalue weighted by Crippen LogP contribution is -2.31. The predicted octanol–water partition coefficient (Wildman–Crippen LogP) is 9.30. The molecule has 6 nitrogen and oxygen atoms in total. The Morgan fingerprint density at radius 1 is 0.538 bits per heavy atom. The minimum Gasteiger partial charge on any atom is -0.497 e. The molecule has 0 aliphatic carbocycles. The van der Waals surface area contributed by atoms with Gasteiger partial charge in [0.25, 0.3) is 0 Å². The lowest BCUT2D eigenvalue weighted by Gasteiger charge is -2.37. The van der Waals surface area contributed by atoms with Gasteiger partial charge in [-0.3, -0.25) is 4.79 Å². The van der Waals surface area contributed by atoms with Crippen LogP contribution in [0.4, 0.5) is 0 Å². The van der Waals surface area contributed by atoms with Crippen molar-refractivity contribution < 1.29 is 28.9 Å². The van der Waals surface area contributed by atoms with Gasteiger partial charge in [-0.1, -0.05) is 116 Å². The molecular weight excluding hydrogens is 649 g/mol. The summed E-state index contributed by atoms with van der Waals surface area (Å²) in [5, 5.41) is 9.65. The molecule has 0 amide bonds. The van der Waals surface area contributed by atoms with Crippen LogP contribution < -0.4 is 14.2 Å². The van der Waals surface area contributed by atoms with Gasteiger partial charge < -0.3 is 19.3 Å². The third-order valence-corrected chi connectivity index (χ3v) is 9.78. The molecule has 52 heavy (non-hydrogen) atoms. The first-order valence-electron chi connectivity index (χ1n) is 17.4. The summed E-state index contributed by atoms with van der Waals surface area (Å²) in [6.07, 6.45) is 1.29. The normalized spacial score (nSPS) is 12.4. The zero-order valence-corrected chi connectivity index (χ0v) is 29.6. The quantitative estimate of drug-likeness (QED) is 0.0739. The van der Waals surface area contributed by atoms with Gasteiger partial charge >= 0.3 is 11.9 Å². The Hall–Kier alpha value is -5.98. The summed E-state index contributed by atoms with van der Waals surface area (Å²) in [5.41, 5.74) is 5.58. The Kier molecular flexibility index (Phi) is 11.0. The molecule has 0 fully saturated rings. The van der Waals surface area contributed by atoms with Gasteiger partial charge in [0.2, 0.25) is 0 Å². The van der Waals surface area contributed by atoms with Crippen LogP contribution in [0.1, 0.15) is 70.4 Å². The monoisotopic (exact) mass is 690 g/mol. The molecule has 6 heteroatoms. The molecule has 0 aromatic heterocycles. The van der Waals surface area contributed by atoms with Crippen LogP contribution in [0.15, 0.2) is 158 Å². The van der Waals surface area contributed by atoms with Gasteiger partial charge in [-0.05, 0) is 94.8 Å². The van der Waals surface area contributed by atoms with Gasteiger partial charge in [0.1, 0.15) is 17.2 Å². The molecule has 0 saturated heterocycles. The Morgan fingerprint density at radius 3 is 1.38 bits per heavy atom. The van der Waals surface area contributed by atoms with Gasteiger partial charge in [0, 0.05) is 18.9 Å². The van der Waals surface area contributed by atoms with E-state index in [1.165, 1.54) is 6.92 Å². The summed E-state index contributed by atoms with van der Waals surface area (Å²) < 4.78 is 16.6. The zero-order chi connectivity index (χ0) is 36.6. The van der Waals surface area contributed by atoms with Crippen LogP contribution in [0.25, 0.3) is 0 Å². The van der Waals surface area contributed by atoms with E-state index < -0.39 is 16.8 Å². The largest absolute Gasteiger partial charge is 0.497 e. The second-order valence-electron chi connectivity index (χ2n) is 13.0. The molecule has 0 aliphatic rings. The summed E-state index contributed by atoms with van der Waals surface area (Å²) in [4.78, 5) is 24.9. The number of methoxy groups -OCH3 is 1. The minimum absolute atomic E-state index is 0.0630. The molecule has 6 aromatic carbocycles. The van der Waals surface area contributed by atoms with Crippen molar-refractivity contribution in [3.8, 4) is 17.2 Å². The Balaban J connectivity index is 1.29. The second kappa shape index (κ2) is 15.9. The Morgan fingerprint density at radius 2 is 0.942 bits per heavy atom. The number of esters is 2. The number of carbonyl (C=O) groups excluding carboxylic acids is 2. The molecular formula is C46H42O6. The third-order valence-electron chi connectivity index (χ3n) is 9.78. The van der Waals surface area contributed by atoms with Gasteiger partial charge in [0.05, 0.1) is 18.1 Å². The van der Waals surface area contributed by atoms with E-state index in [9.17, 15) is 14.7 Å². The van der Waals surface area contributed by atoms with Crippen molar-refractivity contribution in [2.75, 3.05) is 13.7 Å². The van der Waals surface area contributed by atoms with Crippen LogP contribution in [0, 0.1) is 0 Å². The van der Waals surface area contributed by atoms with Crippen molar-refractivity contribution in [3.63, 3.8) is 0 Å². The van der Waals surface area contributed by atoms with Crippen molar-refractivity contribution in [1.82, 2.24) is 0 Å². The molecule has 0 bridgehead atoms. The van der Waals surface area contributed by atoms with Crippen LogP contribution in [0.5, 0.6) is 17.2 Å². The number of carbonyl (C=O) groups is 2. The SMILES string of the molecule is COc1ccc(C(c2ccccc2)(c2ccccc2)c2ccc(C(=O)Oc3ccc(C(C)(CCCO)c4ccc(OC(C)=O)cc4)cc3)cc2)cc1. The summed E-state index contributed by atoms with van der Waals surface area (Å²) in [5.74, 6) is 0.835. The Labute approximate surface area is 305 Å². The highest BCUT2D eigenvalue weighted by molar-refractivity contribution is 5.91. The van der Waals surface area contributed by atoms with E-state index in [1.807, 2.05) is 97.1 Å². The fourth-order valence-corrected chi connectivity index (χ4v) is 7.08. The van der Waals surface area contributed by atoms with Crippen molar-refractivity contribution in [2.24, 2.45) is 0 Å². The summed E-state index contributed by atoms with van der Waals surface area (Å²) in [7, 11) is 1.66. The molecule has 0 radical (unpaired) electrons. The Bertz CT molecular complexity index is 2030. The maximum Gasteiger partial charge on any atom is 0.343 e. The fraction of sp³-hybridized carbons (Fsp3) is 0.174. The molecule has 1 N–H and O–H groups in total. The second-order valence-corrected chi connectivity index (χ2v) is 13.0. The average molecular weight is 691 g/mol. The summed E-state index contributed by atoms with van der Waals surface area (Å²) >= 11 is 0. The number of ether oxygens (including phenoxy) is 3. The average Bonchev–Trinajstić information content (AvgIpc) is 3.19. The minimum atomic E-state index is -0.670. The van der Waals surface area contributed by atoms with E-state index in [1.54, 1.807) is 31.4 Å². The van der Waals surface area contributed by atoms with Crippen LogP contribution in [-0.2, 0) is 15.6 Å². The van der Waals surface area contributed by atoms with Crippen LogP contribution in [-0.4, -0.2) is 30.8 Å². The van der Waals surface area contributed by atoms with Gasteiger partial charge in [-0.15, -0.1) is 0 Å². The predicted molar refractivity (Wildman–Crippen MR) is 203 cm³/mol. The summed E-state index contributed by atoms with van der Waals surface area (Å²) in [6, 6.07) is 51.5. The maximum atomic E-state index is 13.5. The smallest absolute Gasteiger partial charge is 0.343 e. The van der Waals surface area contributed by atoms with Crippen LogP contribution >= 0.6 is 0 Å². The highest BCUT2D eigenvalue weighted by Crippen LogP contribution is 2.45. The van der Waals surface area contributed by atoms with E-state index >= 15 is 0 Å². The lowest BCUT2D eigenvalue weighted by atomic mass is 9.65. The molecule has 1 atom stereocenters. The number of hydrogen-bond acceptors (Lipinski definition) is 6. The molecule has 262 valence electrons. The molecule has 0 spiro atoms. The van der Waals surface area contributed by atoms with E-state index in [0.717, 1.165) is 39.1 Å². The third kappa shape index (κ3) is 7.39. The van der Waals surface area contributed by atoms with E-state index in [0.29, 0.717) is 29.9 Å². The topological polar surface area (TPSA) is 82.1 Å². The number of aliphatic hydroxyl groups is 1. The molecule has 6 rings (SSSR count). The van der Waals surface area contributed by atoms with E-state index in [-0.39, 0.29) is 12.6 Å². The van der Waals surface area contributed by atoms with Gasteiger partial charge in [0.15, 0.2) is 0 Å². The fourth-order valence-electron chi connectivity index (χ4n) is 7.08. The van der Waals surface area contributed by atoms with Crippen molar-refractivity contribution >= 4 is 11.9 Å². The molecule has 1 unspecified atom stereocenters. The lowest BCUT2D eigenvalue weighted by molar-refractivity contribution is -0.131. The number of rotatable bonds is 13. The van der Waals surface area contributed by atoms with Crippen LogP contribution in [0.3, 0.4) is 0 Å². The first kappa shape index (κ1) is 35.8.